The number of hydrogen-bond acceptors (Lipinski definition) is 4. The number of carbonyl (C=O) groups excluding carboxylic acids is 2. The first-order chi connectivity index (χ1) is 13.5. The lowest BCUT2D eigenvalue weighted by molar-refractivity contribution is 0.0956. The normalized spacial score (nSPS) is 10.6. The van der Waals surface area contributed by atoms with Crippen molar-refractivity contribution in [3.8, 4) is 0 Å². The summed E-state index contributed by atoms with van der Waals surface area (Å²) in [6.45, 7) is 0. The van der Waals surface area contributed by atoms with Gasteiger partial charge in [0.15, 0.2) is 0 Å². The molecular formula is C20H14BrFN4O2. The van der Waals surface area contributed by atoms with Crippen LogP contribution in [0.25, 0.3) is 0 Å². The van der Waals surface area contributed by atoms with E-state index in [4.69, 9.17) is 0 Å². The number of carbonyl (C=O) groups is 2. The maximum absolute atomic E-state index is 12.9. The number of pyridine rings is 1. The summed E-state index contributed by atoms with van der Waals surface area (Å²) in [5, 5.41) is 6.54. The molecule has 0 bridgehead atoms. The third kappa shape index (κ3) is 5.08. The second-order valence-corrected chi connectivity index (χ2v) is 6.53. The van der Waals surface area contributed by atoms with E-state index in [1.807, 2.05) is 0 Å². The molecule has 0 saturated heterocycles. The van der Waals surface area contributed by atoms with Crippen LogP contribution in [0.3, 0.4) is 0 Å². The Morgan fingerprint density at radius 2 is 1.82 bits per heavy atom. The van der Waals surface area contributed by atoms with Crippen molar-refractivity contribution >= 4 is 39.6 Å². The largest absolute Gasteiger partial charge is 0.320 e. The number of hydrazone groups is 1. The molecule has 0 aliphatic carbocycles. The molecule has 1 aromatic heterocycles. The van der Waals surface area contributed by atoms with Crippen molar-refractivity contribution in [1.29, 1.82) is 0 Å². The SMILES string of the molecule is O=C(Nc1ccc(Br)cc1C(=O)N/N=C/c1ccc(F)cc1)c1ccccn1. The number of nitrogens with one attached hydrogen (secondary N) is 2. The molecule has 0 aliphatic rings. The summed E-state index contributed by atoms with van der Waals surface area (Å²) in [5.41, 5.74) is 3.77. The van der Waals surface area contributed by atoms with Crippen LogP contribution in [0, 0.1) is 5.82 Å². The summed E-state index contributed by atoms with van der Waals surface area (Å²) < 4.78 is 13.6. The monoisotopic (exact) mass is 440 g/mol. The molecule has 0 atom stereocenters. The zero-order valence-electron chi connectivity index (χ0n) is 14.4. The lowest BCUT2D eigenvalue weighted by Gasteiger charge is -2.10. The highest BCUT2D eigenvalue weighted by Crippen LogP contribution is 2.21. The Kier molecular flexibility index (Phi) is 6.23. The molecule has 0 unspecified atom stereocenters. The number of anilines is 1. The maximum atomic E-state index is 12.9. The molecule has 8 heteroatoms. The fourth-order valence-electron chi connectivity index (χ4n) is 2.27. The van der Waals surface area contributed by atoms with Crippen molar-refractivity contribution < 1.29 is 14.0 Å². The van der Waals surface area contributed by atoms with Gasteiger partial charge in [0.25, 0.3) is 11.8 Å². The number of halogens is 2. The zero-order valence-corrected chi connectivity index (χ0v) is 16.0. The Morgan fingerprint density at radius 1 is 1.04 bits per heavy atom. The molecule has 0 radical (unpaired) electrons. The van der Waals surface area contributed by atoms with Gasteiger partial charge in [-0.05, 0) is 48.0 Å². The molecular weight excluding hydrogens is 427 g/mol. The van der Waals surface area contributed by atoms with E-state index >= 15 is 0 Å². The van der Waals surface area contributed by atoms with E-state index < -0.39 is 11.8 Å². The average molecular weight is 441 g/mol. The summed E-state index contributed by atoms with van der Waals surface area (Å²) in [4.78, 5) is 28.8. The van der Waals surface area contributed by atoms with Crippen LogP contribution in [0.5, 0.6) is 0 Å². The third-order valence-corrected chi connectivity index (χ3v) is 4.11. The summed E-state index contributed by atoms with van der Waals surface area (Å²) in [6, 6.07) is 15.5. The van der Waals surface area contributed by atoms with Gasteiger partial charge in [-0.15, -0.1) is 0 Å². The minimum absolute atomic E-state index is 0.218. The van der Waals surface area contributed by atoms with Gasteiger partial charge in [0.1, 0.15) is 11.5 Å². The van der Waals surface area contributed by atoms with Gasteiger partial charge in [-0.25, -0.2) is 9.82 Å². The first-order valence-corrected chi connectivity index (χ1v) is 8.93. The molecule has 6 nitrogen and oxygen atoms in total. The molecule has 0 spiro atoms. The highest BCUT2D eigenvalue weighted by atomic mass is 79.9. The maximum Gasteiger partial charge on any atom is 0.274 e. The van der Waals surface area contributed by atoms with E-state index in [2.05, 4.69) is 36.8 Å². The van der Waals surface area contributed by atoms with Gasteiger partial charge in [-0.1, -0.05) is 34.1 Å². The molecule has 3 rings (SSSR count). The quantitative estimate of drug-likeness (QED) is 0.464. The first-order valence-electron chi connectivity index (χ1n) is 8.14. The molecule has 3 aromatic rings. The molecule has 0 fully saturated rings. The Bertz CT molecular complexity index is 1020. The molecule has 0 aliphatic heterocycles. The molecule has 28 heavy (non-hydrogen) atoms. The van der Waals surface area contributed by atoms with Crippen LogP contribution in [0.15, 0.2) is 76.4 Å². The Hall–Kier alpha value is -3.39. The molecule has 2 amide bonds. The van der Waals surface area contributed by atoms with Gasteiger partial charge in [0, 0.05) is 10.7 Å². The van der Waals surface area contributed by atoms with E-state index in [1.165, 1.54) is 36.7 Å². The Balaban J connectivity index is 1.75. The summed E-state index contributed by atoms with van der Waals surface area (Å²) in [6.07, 6.45) is 2.90. The van der Waals surface area contributed by atoms with Crippen LogP contribution in [0.1, 0.15) is 26.4 Å². The van der Waals surface area contributed by atoms with Gasteiger partial charge < -0.3 is 5.32 Å². The summed E-state index contributed by atoms with van der Waals surface area (Å²) in [7, 11) is 0. The Labute approximate surface area is 168 Å². The predicted molar refractivity (Wildman–Crippen MR) is 108 cm³/mol. The highest BCUT2D eigenvalue weighted by Gasteiger charge is 2.15. The lowest BCUT2D eigenvalue weighted by atomic mass is 10.1. The van der Waals surface area contributed by atoms with Gasteiger partial charge in [-0.2, -0.15) is 5.10 Å². The van der Waals surface area contributed by atoms with Gasteiger partial charge in [-0.3, -0.25) is 14.6 Å². The van der Waals surface area contributed by atoms with Gasteiger partial charge in [0.05, 0.1) is 17.5 Å². The van der Waals surface area contributed by atoms with E-state index in [-0.39, 0.29) is 17.1 Å². The van der Waals surface area contributed by atoms with Crippen LogP contribution in [0.4, 0.5) is 10.1 Å². The van der Waals surface area contributed by atoms with E-state index in [0.717, 1.165) is 0 Å². The van der Waals surface area contributed by atoms with Crippen LogP contribution in [-0.2, 0) is 0 Å². The molecule has 1 heterocycles. The highest BCUT2D eigenvalue weighted by molar-refractivity contribution is 9.10. The minimum atomic E-state index is -0.518. The van der Waals surface area contributed by atoms with Crippen molar-refractivity contribution in [3.63, 3.8) is 0 Å². The van der Waals surface area contributed by atoms with Crippen LogP contribution in [-0.4, -0.2) is 23.0 Å². The summed E-state index contributed by atoms with van der Waals surface area (Å²) >= 11 is 3.31. The van der Waals surface area contributed by atoms with Crippen molar-refractivity contribution in [2.24, 2.45) is 5.10 Å². The number of hydrogen-bond donors (Lipinski definition) is 2. The van der Waals surface area contributed by atoms with Crippen LogP contribution >= 0.6 is 15.9 Å². The average Bonchev–Trinajstić information content (AvgIpc) is 2.71. The molecule has 2 N–H and O–H groups in total. The lowest BCUT2D eigenvalue weighted by Crippen LogP contribution is -2.21. The van der Waals surface area contributed by atoms with Crippen LogP contribution in [0.2, 0.25) is 0 Å². The molecule has 0 saturated carbocycles. The van der Waals surface area contributed by atoms with Crippen LogP contribution < -0.4 is 10.7 Å². The minimum Gasteiger partial charge on any atom is -0.320 e. The second-order valence-electron chi connectivity index (χ2n) is 5.61. The number of aromatic nitrogens is 1. The predicted octanol–water partition coefficient (Wildman–Crippen LogP) is 4.00. The smallest absolute Gasteiger partial charge is 0.274 e. The summed E-state index contributed by atoms with van der Waals surface area (Å²) in [5.74, 6) is -1.31. The zero-order chi connectivity index (χ0) is 19.9. The van der Waals surface area contributed by atoms with Gasteiger partial charge in [0.2, 0.25) is 0 Å². The molecule has 2 aromatic carbocycles. The standard InChI is InChI=1S/C20H14BrFN4O2/c21-14-6-9-17(25-20(28)18-3-1-2-10-23-18)16(11-14)19(27)26-24-12-13-4-7-15(22)8-5-13/h1-12H,(H,25,28)(H,26,27)/b24-12+. The van der Waals surface area contributed by atoms with E-state index in [1.54, 1.807) is 36.4 Å². The van der Waals surface area contributed by atoms with E-state index in [9.17, 15) is 14.0 Å². The van der Waals surface area contributed by atoms with Gasteiger partial charge >= 0.3 is 0 Å². The molecule has 140 valence electrons. The Morgan fingerprint density at radius 3 is 2.54 bits per heavy atom. The first kappa shape index (κ1) is 19.4. The number of rotatable bonds is 5. The number of amides is 2. The number of benzene rings is 2. The van der Waals surface area contributed by atoms with Crippen molar-refractivity contribution in [2.45, 2.75) is 0 Å². The number of nitrogens with zero attached hydrogens (tertiary/aromatic N) is 2. The van der Waals surface area contributed by atoms with Crippen molar-refractivity contribution in [2.75, 3.05) is 5.32 Å². The van der Waals surface area contributed by atoms with Crippen molar-refractivity contribution in [1.82, 2.24) is 10.4 Å². The fraction of sp³-hybridized carbons (Fsp3) is 0. The second kappa shape index (κ2) is 9.01. The third-order valence-electron chi connectivity index (χ3n) is 3.62. The fourth-order valence-corrected chi connectivity index (χ4v) is 2.63. The van der Waals surface area contributed by atoms with Crippen molar-refractivity contribution in [3.05, 3.63) is 94.0 Å². The topological polar surface area (TPSA) is 83.5 Å². The van der Waals surface area contributed by atoms with E-state index in [0.29, 0.717) is 15.7 Å².